The van der Waals surface area contributed by atoms with Gasteiger partial charge in [-0.2, -0.15) is 0 Å². The lowest BCUT2D eigenvalue weighted by atomic mass is 10.1. The van der Waals surface area contributed by atoms with Crippen LogP contribution in [0.3, 0.4) is 0 Å². The molecule has 33 heavy (non-hydrogen) atoms. The van der Waals surface area contributed by atoms with Gasteiger partial charge in [0.05, 0.1) is 12.1 Å². The summed E-state index contributed by atoms with van der Waals surface area (Å²) in [5.41, 5.74) is 10.7. The molecule has 0 bridgehead atoms. The Balaban J connectivity index is 2.10. The number of nitrogens with two attached hydrogens (primary N) is 2. The highest BCUT2D eigenvalue weighted by molar-refractivity contribution is 5.94. The van der Waals surface area contributed by atoms with Crippen LogP contribution in [0, 0.1) is 0 Å². The topological polar surface area (TPSA) is 212 Å². The molecular formula is C20H35N7O6. The molecule has 0 saturated carbocycles. The number of carbonyl (C=O) groups is 4. The van der Waals surface area contributed by atoms with Gasteiger partial charge in [-0.15, -0.1) is 0 Å². The fourth-order valence-corrected chi connectivity index (χ4v) is 4.08. The van der Waals surface area contributed by atoms with Crippen molar-refractivity contribution in [2.45, 2.75) is 75.7 Å². The highest BCUT2D eigenvalue weighted by Gasteiger charge is 2.39. The van der Waals surface area contributed by atoms with Crippen LogP contribution in [0.25, 0.3) is 0 Å². The molecule has 2 heterocycles. The number of amides is 3. The molecule has 2 aliphatic rings. The van der Waals surface area contributed by atoms with Crippen molar-refractivity contribution in [3.63, 3.8) is 0 Å². The highest BCUT2D eigenvalue weighted by Crippen LogP contribution is 2.20. The molecule has 0 aliphatic carbocycles. The molecule has 2 rings (SSSR count). The third-order valence-corrected chi connectivity index (χ3v) is 5.82. The molecule has 2 fully saturated rings. The summed E-state index contributed by atoms with van der Waals surface area (Å²) < 4.78 is 0. The Labute approximate surface area is 192 Å². The number of hydrogen-bond acceptors (Lipinski definition) is 7. The molecule has 0 aromatic heterocycles. The normalized spacial score (nSPS) is 22.8. The first-order valence-electron chi connectivity index (χ1n) is 11.2. The second kappa shape index (κ2) is 12.3. The molecule has 13 heteroatoms. The predicted octanol–water partition coefficient (Wildman–Crippen LogP) is -2.78. The first-order valence-corrected chi connectivity index (χ1v) is 11.2. The maximum absolute atomic E-state index is 13.4. The maximum atomic E-state index is 13.4. The highest BCUT2D eigenvalue weighted by atomic mass is 16.4. The van der Waals surface area contributed by atoms with Gasteiger partial charge in [0.1, 0.15) is 12.1 Å². The van der Waals surface area contributed by atoms with Crippen molar-refractivity contribution < 1.29 is 29.4 Å². The fourth-order valence-electron chi connectivity index (χ4n) is 4.08. The SMILES string of the molecule is CC(O)C(NC(=O)C1CCCN1C(=O)C(CCCN=C(N)N)NC(=O)C1CCCN1)C(=O)O. The largest absolute Gasteiger partial charge is 0.480 e. The van der Waals surface area contributed by atoms with Gasteiger partial charge in [-0.3, -0.25) is 19.4 Å². The smallest absolute Gasteiger partial charge is 0.328 e. The van der Waals surface area contributed by atoms with Crippen molar-refractivity contribution in [3.8, 4) is 0 Å². The molecule has 3 amide bonds. The van der Waals surface area contributed by atoms with Crippen molar-refractivity contribution in [2.24, 2.45) is 16.5 Å². The van der Waals surface area contributed by atoms with E-state index in [9.17, 15) is 29.4 Å². The molecule has 0 aromatic carbocycles. The van der Waals surface area contributed by atoms with E-state index in [0.29, 0.717) is 32.2 Å². The number of carboxylic acids is 1. The van der Waals surface area contributed by atoms with Crippen LogP contribution in [-0.4, -0.2) is 94.7 Å². The first-order chi connectivity index (χ1) is 15.6. The third-order valence-electron chi connectivity index (χ3n) is 5.82. The lowest BCUT2D eigenvalue weighted by Crippen LogP contribution is -2.57. The van der Waals surface area contributed by atoms with Crippen LogP contribution >= 0.6 is 0 Å². The molecule has 2 saturated heterocycles. The minimum absolute atomic E-state index is 0.0700. The summed E-state index contributed by atoms with van der Waals surface area (Å²) in [6, 6.07) is -3.63. The van der Waals surface area contributed by atoms with Crippen molar-refractivity contribution in [3.05, 3.63) is 0 Å². The average molecular weight is 470 g/mol. The van der Waals surface area contributed by atoms with Crippen molar-refractivity contribution in [1.82, 2.24) is 20.9 Å². The van der Waals surface area contributed by atoms with Gasteiger partial charge in [0.2, 0.25) is 17.7 Å². The Bertz CT molecular complexity index is 749. The fraction of sp³-hybridized carbons (Fsp3) is 0.750. The zero-order chi connectivity index (χ0) is 24.5. The molecule has 0 radical (unpaired) electrons. The number of carboxylic acid groups (broad SMARTS) is 1. The average Bonchev–Trinajstić information content (AvgIpc) is 3.44. The zero-order valence-electron chi connectivity index (χ0n) is 18.8. The summed E-state index contributed by atoms with van der Waals surface area (Å²) in [7, 11) is 0. The van der Waals surface area contributed by atoms with Crippen LogP contribution in [-0.2, 0) is 19.2 Å². The standard InChI is InChI=1S/C20H35N7O6/c1-11(28)15(19(32)33)26-17(30)14-7-4-10-27(14)18(31)13(6-3-9-24-20(21)22)25-16(29)12-5-2-8-23-12/h11-15,23,28H,2-10H2,1H3,(H,25,29)(H,26,30)(H,32,33)(H4,21,22,24). The van der Waals surface area contributed by atoms with Crippen LogP contribution in [0.5, 0.6) is 0 Å². The van der Waals surface area contributed by atoms with E-state index in [0.717, 1.165) is 13.0 Å². The van der Waals surface area contributed by atoms with Crippen LogP contribution in [0.1, 0.15) is 45.4 Å². The Kier molecular flexibility index (Phi) is 9.85. The predicted molar refractivity (Wildman–Crippen MR) is 119 cm³/mol. The minimum Gasteiger partial charge on any atom is -0.480 e. The Morgan fingerprint density at radius 2 is 1.88 bits per heavy atom. The van der Waals surface area contributed by atoms with Gasteiger partial charge in [-0.1, -0.05) is 0 Å². The molecular weight excluding hydrogens is 434 g/mol. The van der Waals surface area contributed by atoms with E-state index in [1.807, 2.05) is 0 Å². The van der Waals surface area contributed by atoms with E-state index < -0.39 is 42.0 Å². The number of rotatable bonds is 11. The second-order valence-electron chi connectivity index (χ2n) is 8.41. The summed E-state index contributed by atoms with van der Waals surface area (Å²) in [5.74, 6) is -2.81. The molecule has 0 aromatic rings. The Hall–Kier alpha value is -2.93. The third kappa shape index (κ3) is 7.56. The van der Waals surface area contributed by atoms with Crippen molar-refractivity contribution in [2.75, 3.05) is 19.6 Å². The lowest BCUT2D eigenvalue weighted by Gasteiger charge is -2.30. The van der Waals surface area contributed by atoms with E-state index in [2.05, 4.69) is 20.9 Å². The van der Waals surface area contributed by atoms with E-state index in [1.165, 1.54) is 11.8 Å². The number of nitrogens with one attached hydrogen (secondary N) is 3. The van der Waals surface area contributed by atoms with Gasteiger partial charge in [-0.25, -0.2) is 4.79 Å². The minimum atomic E-state index is -1.49. The molecule has 9 N–H and O–H groups in total. The van der Waals surface area contributed by atoms with E-state index in [-0.39, 0.29) is 30.9 Å². The lowest BCUT2D eigenvalue weighted by molar-refractivity contribution is -0.147. The Morgan fingerprint density at radius 1 is 1.15 bits per heavy atom. The second-order valence-corrected chi connectivity index (χ2v) is 8.41. The summed E-state index contributed by atoms with van der Waals surface area (Å²) in [5, 5.41) is 27.1. The summed E-state index contributed by atoms with van der Waals surface area (Å²) in [6.45, 7) is 2.56. The van der Waals surface area contributed by atoms with Gasteiger partial charge in [-0.05, 0) is 52.0 Å². The van der Waals surface area contributed by atoms with E-state index >= 15 is 0 Å². The molecule has 186 valence electrons. The number of hydrogen-bond donors (Lipinski definition) is 7. The van der Waals surface area contributed by atoms with Gasteiger partial charge < -0.3 is 42.5 Å². The molecule has 13 nitrogen and oxygen atoms in total. The number of carbonyl (C=O) groups excluding carboxylic acids is 3. The molecule has 2 aliphatic heterocycles. The van der Waals surface area contributed by atoms with Crippen molar-refractivity contribution in [1.29, 1.82) is 0 Å². The van der Waals surface area contributed by atoms with Gasteiger partial charge in [0.15, 0.2) is 12.0 Å². The van der Waals surface area contributed by atoms with Gasteiger partial charge in [0.25, 0.3) is 0 Å². The van der Waals surface area contributed by atoms with Gasteiger partial charge >= 0.3 is 5.97 Å². The van der Waals surface area contributed by atoms with Crippen LogP contribution in [0.2, 0.25) is 0 Å². The van der Waals surface area contributed by atoms with Gasteiger partial charge in [0, 0.05) is 13.1 Å². The number of nitrogens with zero attached hydrogens (tertiary/aromatic N) is 2. The maximum Gasteiger partial charge on any atom is 0.328 e. The molecule has 5 unspecified atom stereocenters. The first kappa shape index (κ1) is 26.3. The van der Waals surface area contributed by atoms with E-state index in [1.54, 1.807) is 0 Å². The number of aliphatic imine (C=N–C) groups is 1. The van der Waals surface area contributed by atoms with E-state index in [4.69, 9.17) is 11.5 Å². The quantitative estimate of drug-likeness (QED) is 0.0945. The summed E-state index contributed by atoms with van der Waals surface area (Å²) in [6.07, 6.45) is 1.83. The Morgan fingerprint density at radius 3 is 2.45 bits per heavy atom. The molecule has 0 spiro atoms. The number of aliphatic hydroxyl groups excluding tert-OH is 1. The number of aliphatic carboxylic acids is 1. The zero-order valence-corrected chi connectivity index (χ0v) is 18.8. The summed E-state index contributed by atoms with van der Waals surface area (Å²) >= 11 is 0. The number of likely N-dealkylation sites (tertiary alicyclic amines) is 1. The summed E-state index contributed by atoms with van der Waals surface area (Å²) in [4.78, 5) is 55.3. The number of guanidine groups is 1. The van der Waals surface area contributed by atoms with Crippen molar-refractivity contribution >= 4 is 29.7 Å². The monoisotopic (exact) mass is 469 g/mol. The molecule has 5 atom stereocenters. The number of aliphatic hydroxyl groups is 1. The van der Waals surface area contributed by atoms with Crippen LogP contribution < -0.4 is 27.4 Å². The van der Waals surface area contributed by atoms with Crippen LogP contribution in [0.15, 0.2) is 4.99 Å². The van der Waals surface area contributed by atoms with Crippen LogP contribution in [0.4, 0.5) is 0 Å².